The maximum absolute atomic E-state index is 12.6. The van der Waals surface area contributed by atoms with E-state index in [0.717, 1.165) is 12.8 Å². The molecule has 1 saturated heterocycles. The van der Waals surface area contributed by atoms with Crippen molar-refractivity contribution in [1.82, 2.24) is 10.6 Å². The van der Waals surface area contributed by atoms with Gasteiger partial charge in [-0.25, -0.2) is 0 Å². The predicted molar refractivity (Wildman–Crippen MR) is 166 cm³/mol. The fourth-order valence-electron chi connectivity index (χ4n) is 4.57. The van der Waals surface area contributed by atoms with Crippen LogP contribution in [0.5, 0.6) is 0 Å². The summed E-state index contributed by atoms with van der Waals surface area (Å²) in [5.41, 5.74) is -0.449. The maximum atomic E-state index is 12.6. The Labute approximate surface area is 248 Å². The molecule has 8 heteroatoms. The van der Waals surface area contributed by atoms with E-state index in [9.17, 15) is 14.4 Å². The molecule has 0 bridgehead atoms. The van der Waals surface area contributed by atoms with Gasteiger partial charge in [-0.1, -0.05) is 96.1 Å². The second kappa shape index (κ2) is 21.3. The van der Waals surface area contributed by atoms with Crippen molar-refractivity contribution in [3.05, 3.63) is 12.2 Å². The fraction of sp³-hybridized carbons (Fsp3) is 0.844. The van der Waals surface area contributed by atoms with E-state index in [-0.39, 0.29) is 29.9 Å². The smallest absolute Gasteiger partial charge is 0.249 e. The Morgan fingerprint density at radius 3 is 2.05 bits per heavy atom. The fourth-order valence-corrected chi connectivity index (χ4v) is 5.29. The molecule has 1 heterocycles. The lowest BCUT2D eigenvalue weighted by Crippen LogP contribution is -2.56. The first-order valence-electron chi connectivity index (χ1n) is 15.7. The number of unbranched alkanes of at least 4 members (excludes halogenated alkanes) is 11. The average Bonchev–Trinajstić information content (AvgIpc) is 2.90. The molecule has 0 radical (unpaired) electrons. The molecule has 2 amide bonds. The van der Waals surface area contributed by atoms with Gasteiger partial charge in [-0.2, -0.15) is 0 Å². The molecular formula is C32H58N2O5S. The van der Waals surface area contributed by atoms with E-state index in [4.69, 9.17) is 9.47 Å². The Morgan fingerprint density at radius 2 is 1.40 bits per heavy atom. The summed E-state index contributed by atoms with van der Waals surface area (Å²) in [7, 11) is 0. The topological polar surface area (TPSA) is 93.7 Å². The zero-order valence-electron chi connectivity index (χ0n) is 26.1. The second-order valence-electron chi connectivity index (χ2n) is 12.1. The summed E-state index contributed by atoms with van der Waals surface area (Å²) in [4.78, 5) is 36.8. The molecule has 0 aromatic rings. The number of nitrogens with one attached hydrogen (secondary N) is 2. The second-order valence-corrected chi connectivity index (χ2v) is 13.3. The number of hydrogen-bond donors (Lipinski definition) is 2. The predicted octanol–water partition coefficient (Wildman–Crippen LogP) is 7.08. The monoisotopic (exact) mass is 582 g/mol. The molecule has 1 aliphatic rings. The van der Waals surface area contributed by atoms with Gasteiger partial charge in [0.2, 0.25) is 11.8 Å². The summed E-state index contributed by atoms with van der Waals surface area (Å²) in [6.07, 6.45) is 21.1. The van der Waals surface area contributed by atoms with Gasteiger partial charge >= 0.3 is 0 Å². The summed E-state index contributed by atoms with van der Waals surface area (Å²) < 4.78 is 11.5. The number of allylic oxidation sites excluding steroid dienone is 2. The van der Waals surface area contributed by atoms with Crippen molar-refractivity contribution >= 4 is 28.7 Å². The maximum Gasteiger partial charge on any atom is 0.249 e. The van der Waals surface area contributed by atoms with Crippen LogP contribution in [0.15, 0.2) is 12.2 Å². The summed E-state index contributed by atoms with van der Waals surface area (Å²) in [6.45, 7) is 10.8. The third-order valence-electron chi connectivity index (χ3n) is 7.12. The van der Waals surface area contributed by atoms with E-state index in [1.54, 1.807) is 13.8 Å². The zero-order chi connectivity index (χ0) is 29.7. The van der Waals surface area contributed by atoms with Gasteiger partial charge in [0.1, 0.15) is 6.10 Å². The number of thioether (sulfide) groups is 1. The molecule has 0 aliphatic carbocycles. The summed E-state index contributed by atoms with van der Waals surface area (Å²) in [5, 5.41) is 5.82. The van der Waals surface area contributed by atoms with E-state index in [2.05, 4.69) is 29.7 Å². The van der Waals surface area contributed by atoms with Crippen molar-refractivity contribution in [3.8, 4) is 0 Å². The first-order chi connectivity index (χ1) is 19.1. The van der Waals surface area contributed by atoms with Crippen molar-refractivity contribution in [2.24, 2.45) is 5.41 Å². The lowest BCUT2D eigenvalue weighted by atomic mass is 9.85. The molecule has 1 atom stereocenters. The molecule has 2 N–H and O–H groups in total. The van der Waals surface area contributed by atoms with E-state index in [0.29, 0.717) is 25.3 Å². The Balaban J connectivity index is 1.95. The number of hydrogen-bond acceptors (Lipinski definition) is 6. The summed E-state index contributed by atoms with van der Waals surface area (Å²) >= 11 is 1.29. The number of carbonyl (C=O) groups is 3. The Bertz CT molecular complexity index is 754. The molecule has 1 rings (SSSR count). The van der Waals surface area contributed by atoms with Crippen LogP contribution < -0.4 is 10.6 Å². The van der Waals surface area contributed by atoms with Gasteiger partial charge in [0.25, 0.3) is 0 Å². The van der Waals surface area contributed by atoms with Crippen LogP contribution in [0.1, 0.15) is 131 Å². The van der Waals surface area contributed by atoms with Crippen molar-refractivity contribution in [2.45, 2.75) is 143 Å². The molecule has 0 spiro atoms. The first kappa shape index (κ1) is 36.6. The highest BCUT2D eigenvalue weighted by molar-refractivity contribution is 8.13. The van der Waals surface area contributed by atoms with Gasteiger partial charge in [-0.05, 0) is 46.0 Å². The Morgan fingerprint density at radius 1 is 0.800 bits per heavy atom. The van der Waals surface area contributed by atoms with Gasteiger partial charge in [0, 0.05) is 37.1 Å². The lowest BCUT2D eigenvalue weighted by molar-refractivity contribution is -0.304. The highest BCUT2D eigenvalue weighted by atomic mass is 32.2. The average molecular weight is 583 g/mol. The van der Waals surface area contributed by atoms with Crippen LogP contribution in [-0.2, 0) is 23.9 Å². The van der Waals surface area contributed by atoms with Crippen molar-refractivity contribution in [2.75, 3.05) is 25.4 Å². The van der Waals surface area contributed by atoms with Crippen LogP contribution in [-0.4, -0.2) is 54.3 Å². The quantitative estimate of drug-likeness (QED) is 0.105. The van der Waals surface area contributed by atoms with Gasteiger partial charge in [0.15, 0.2) is 10.9 Å². The molecule has 1 unspecified atom stereocenters. The van der Waals surface area contributed by atoms with E-state index < -0.39 is 17.3 Å². The van der Waals surface area contributed by atoms with Crippen molar-refractivity contribution < 1.29 is 23.9 Å². The van der Waals surface area contributed by atoms with Crippen LogP contribution in [0, 0.1) is 5.41 Å². The van der Waals surface area contributed by atoms with Crippen molar-refractivity contribution in [3.63, 3.8) is 0 Å². The molecule has 1 fully saturated rings. The minimum absolute atomic E-state index is 0.141. The highest BCUT2D eigenvalue weighted by Gasteiger charge is 2.45. The molecule has 0 aromatic heterocycles. The largest absolute Gasteiger partial charge is 0.355 e. The Kier molecular flexibility index (Phi) is 19.6. The molecule has 232 valence electrons. The third-order valence-corrected chi connectivity index (χ3v) is 8.06. The SMILES string of the molecule is CCCCCCCC/C=C\CCCCCCCC(=O)SCCNC(=O)CCNC(=O)C1OC(C)(C)OCC1(C)C. The number of rotatable bonds is 22. The van der Waals surface area contributed by atoms with Crippen LogP contribution >= 0.6 is 11.8 Å². The molecule has 40 heavy (non-hydrogen) atoms. The number of carbonyl (C=O) groups excluding carboxylic acids is 3. The number of ether oxygens (including phenoxy) is 2. The van der Waals surface area contributed by atoms with Crippen LogP contribution in [0.4, 0.5) is 0 Å². The summed E-state index contributed by atoms with van der Waals surface area (Å²) in [5.74, 6) is -0.612. The van der Waals surface area contributed by atoms with Crippen LogP contribution in [0.25, 0.3) is 0 Å². The van der Waals surface area contributed by atoms with Gasteiger partial charge in [-0.15, -0.1) is 0 Å². The molecule has 0 aromatic carbocycles. The highest BCUT2D eigenvalue weighted by Crippen LogP contribution is 2.34. The molecule has 1 aliphatic heterocycles. The van der Waals surface area contributed by atoms with Crippen LogP contribution in [0.3, 0.4) is 0 Å². The van der Waals surface area contributed by atoms with Gasteiger partial charge in [-0.3, -0.25) is 14.4 Å². The third kappa shape index (κ3) is 18.1. The van der Waals surface area contributed by atoms with Crippen LogP contribution in [0.2, 0.25) is 0 Å². The molecule has 7 nitrogen and oxygen atoms in total. The van der Waals surface area contributed by atoms with Gasteiger partial charge in [0.05, 0.1) is 6.61 Å². The van der Waals surface area contributed by atoms with E-state index in [1.165, 1.54) is 82.4 Å². The van der Waals surface area contributed by atoms with E-state index >= 15 is 0 Å². The molecular weight excluding hydrogens is 524 g/mol. The van der Waals surface area contributed by atoms with E-state index in [1.807, 2.05) is 13.8 Å². The zero-order valence-corrected chi connectivity index (χ0v) is 26.9. The minimum atomic E-state index is -0.812. The normalized spacial score (nSPS) is 18.1. The van der Waals surface area contributed by atoms with Gasteiger partial charge < -0.3 is 20.1 Å². The van der Waals surface area contributed by atoms with Crippen molar-refractivity contribution in [1.29, 1.82) is 0 Å². The first-order valence-corrected chi connectivity index (χ1v) is 16.7. The summed E-state index contributed by atoms with van der Waals surface area (Å²) in [6, 6.07) is 0. The standard InChI is InChI=1S/C32H58N2O5S/c1-6-7-8-9-10-11-12-13-14-15-16-17-18-19-20-21-28(36)40-25-24-33-27(35)22-23-34-30(37)29-31(2,3)26-38-32(4,5)39-29/h13-14,29H,6-12,15-26H2,1-5H3,(H,33,35)(H,34,37)/b14-13-. The Hall–Kier alpha value is -1.38. The number of amides is 2. The lowest BCUT2D eigenvalue weighted by Gasteiger charge is -2.44. The minimum Gasteiger partial charge on any atom is -0.355 e. The molecule has 0 saturated carbocycles.